The minimum Gasteiger partial charge on any atom is -0.460 e. The Hall–Kier alpha value is -3.20. The maximum Gasteiger partial charge on any atom is 0.270 e. The third kappa shape index (κ3) is 3.45. The van der Waals surface area contributed by atoms with Gasteiger partial charge in [0.05, 0.1) is 15.4 Å². The van der Waals surface area contributed by atoms with Gasteiger partial charge in [-0.3, -0.25) is 19.6 Å². The predicted molar refractivity (Wildman–Crippen MR) is 111 cm³/mol. The molecule has 0 unspecified atom stereocenters. The summed E-state index contributed by atoms with van der Waals surface area (Å²) in [6.07, 6.45) is 1.01. The van der Waals surface area contributed by atoms with Gasteiger partial charge >= 0.3 is 0 Å². The van der Waals surface area contributed by atoms with Crippen LogP contribution in [0.15, 0.2) is 45.7 Å². The summed E-state index contributed by atoms with van der Waals surface area (Å²) >= 11 is 0. The highest BCUT2D eigenvalue weighted by Gasteiger charge is 2.35. The van der Waals surface area contributed by atoms with Gasteiger partial charge in [-0.2, -0.15) is 0 Å². The predicted octanol–water partition coefficient (Wildman–Crippen LogP) is 4.61. The van der Waals surface area contributed by atoms with Gasteiger partial charge in [0.1, 0.15) is 11.3 Å². The molecule has 1 aliphatic rings. The fourth-order valence-electron chi connectivity index (χ4n) is 3.86. The Balaban J connectivity index is 1.75. The minimum atomic E-state index is -4.08. The van der Waals surface area contributed by atoms with Crippen LogP contribution in [0.4, 0.5) is 11.4 Å². The maximum atomic E-state index is 12.9. The normalized spacial score (nSPS) is 15.8. The average molecular weight is 428 g/mol. The number of nitro benzene ring substituents is 1. The number of carbonyl (C=O) groups excluding carboxylic acids is 1. The van der Waals surface area contributed by atoms with Crippen LogP contribution < -0.4 is 4.72 Å². The van der Waals surface area contributed by atoms with Crippen LogP contribution >= 0.6 is 0 Å². The van der Waals surface area contributed by atoms with Crippen molar-refractivity contribution in [1.29, 1.82) is 0 Å². The molecule has 1 aliphatic carbocycles. The Labute approximate surface area is 173 Å². The summed E-state index contributed by atoms with van der Waals surface area (Å²) in [6.45, 7) is 5.57. The second-order valence-corrected chi connectivity index (χ2v) is 10.0. The molecule has 3 aromatic rings. The minimum absolute atomic E-state index is 0.0328. The number of Topliss-reactive ketones (excluding diaryl/α,β-unsaturated/α-hetero) is 1. The average Bonchev–Trinajstić information content (AvgIpc) is 2.97. The van der Waals surface area contributed by atoms with E-state index < -0.39 is 14.9 Å². The number of fused-ring (bicyclic) bond motifs is 3. The van der Waals surface area contributed by atoms with Crippen LogP contribution in [0.5, 0.6) is 0 Å². The van der Waals surface area contributed by atoms with Gasteiger partial charge in [-0.1, -0.05) is 19.9 Å². The molecule has 0 atom stereocenters. The van der Waals surface area contributed by atoms with E-state index in [1.54, 1.807) is 19.1 Å². The summed E-state index contributed by atoms with van der Waals surface area (Å²) in [5.74, 6) is 0.579. The Morgan fingerprint density at radius 3 is 2.57 bits per heavy atom. The number of hydrogen-bond acceptors (Lipinski definition) is 6. The number of non-ortho nitro benzene ring substituents is 1. The summed E-state index contributed by atoms with van der Waals surface area (Å²) in [7, 11) is -4.08. The zero-order valence-electron chi connectivity index (χ0n) is 16.7. The Morgan fingerprint density at radius 1 is 1.13 bits per heavy atom. The van der Waals surface area contributed by atoms with E-state index in [9.17, 15) is 23.3 Å². The number of sulfonamides is 1. The van der Waals surface area contributed by atoms with E-state index in [0.29, 0.717) is 40.7 Å². The molecule has 0 bridgehead atoms. The number of nitro groups is 1. The van der Waals surface area contributed by atoms with E-state index in [1.807, 2.05) is 13.8 Å². The molecule has 0 saturated carbocycles. The van der Waals surface area contributed by atoms with Crippen molar-refractivity contribution in [2.45, 2.75) is 38.5 Å². The second kappa shape index (κ2) is 6.66. The highest BCUT2D eigenvalue weighted by molar-refractivity contribution is 7.92. The molecule has 0 aliphatic heterocycles. The summed E-state index contributed by atoms with van der Waals surface area (Å²) in [6, 6.07) is 8.40. The van der Waals surface area contributed by atoms with Crippen LogP contribution in [0.3, 0.4) is 0 Å². The molecular weight excluding hydrogens is 408 g/mol. The summed E-state index contributed by atoms with van der Waals surface area (Å²) in [4.78, 5) is 22.9. The smallest absolute Gasteiger partial charge is 0.270 e. The summed E-state index contributed by atoms with van der Waals surface area (Å²) in [5, 5.41) is 11.6. The maximum absolute atomic E-state index is 12.9. The molecule has 2 aromatic carbocycles. The van der Waals surface area contributed by atoms with E-state index in [-0.39, 0.29) is 27.5 Å². The monoisotopic (exact) mass is 428 g/mol. The van der Waals surface area contributed by atoms with Gasteiger partial charge in [-0.15, -0.1) is 0 Å². The lowest BCUT2D eigenvalue weighted by molar-refractivity contribution is -0.385. The van der Waals surface area contributed by atoms with Gasteiger partial charge in [-0.25, -0.2) is 8.42 Å². The lowest BCUT2D eigenvalue weighted by Gasteiger charge is -2.27. The standard InChI is InChI=1S/C21H20N2O6S/c1-12-4-6-14(23(25)26)9-19(12)30(27,28)22-13-5-7-17-15(8-13)20-16(24)10-21(2,3)11-18(20)29-17/h4-9,22H,10-11H2,1-3H3. The topological polar surface area (TPSA) is 120 Å². The number of benzene rings is 2. The van der Waals surface area contributed by atoms with Crippen molar-refractivity contribution in [3.05, 3.63) is 63.4 Å². The molecule has 0 saturated heterocycles. The van der Waals surface area contributed by atoms with Crippen molar-refractivity contribution >= 4 is 38.2 Å². The van der Waals surface area contributed by atoms with Crippen LogP contribution in [-0.4, -0.2) is 19.1 Å². The van der Waals surface area contributed by atoms with Crippen molar-refractivity contribution < 1.29 is 22.6 Å². The fraction of sp³-hybridized carbons (Fsp3) is 0.286. The van der Waals surface area contributed by atoms with Crippen molar-refractivity contribution in [2.24, 2.45) is 5.41 Å². The van der Waals surface area contributed by atoms with Crippen LogP contribution in [0.1, 0.15) is 41.9 Å². The number of nitrogens with one attached hydrogen (secondary N) is 1. The van der Waals surface area contributed by atoms with Gasteiger partial charge in [-0.05, 0) is 36.1 Å². The third-order valence-corrected chi connectivity index (χ3v) is 6.77. The molecular formula is C21H20N2O6S. The number of nitrogens with zero attached hydrogens (tertiary/aromatic N) is 1. The largest absolute Gasteiger partial charge is 0.460 e. The van der Waals surface area contributed by atoms with Crippen LogP contribution in [0, 0.1) is 22.5 Å². The van der Waals surface area contributed by atoms with Gasteiger partial charge < -0.3 is 4.42 Å². The molecule has 0 radical (unpaired) electrons. The first kappa shape index (κ1) is 20.1. The molecule has 4 rings (SSSR count). The number of furan rings is 1. The lowest BCUT2D eigenvalue weighted by Crippen LogP contribution is -2.25. The van der Waals surface area contributed by atoms with E-state index in [0.717, 1.165) is 6.07 Å². The molecule has 8 nitrogen and oxygen atoms in total. The van der Waals surface area contributed by atoms with Gasteiger partial charge in [0, 0.05) is 36.0 Å². The summed E-state index contributed by atoms with van der Waals surface area (Å²) < 4.78 is 34.1. The SMILES string of the molecule is Cc1ccc([N+](=O)[O-])cc1S(=O)(=O)Nc1ccc2oc3c(c2c1)C(=O)CC(C)(C)C3. The number of aryl methyl sites for hydroxylation is 1. The molecule has 156 valence electrons. The van der Waals surface area contributed by atoms with E-state index in [2.05, 4.69) is 4.72 Å². The van der Waals surface area contributed by atoms with Crippen molar-refractivity contribution in [2.75, 3.05) is 4.72 Å². The number of rotatable bonds is 4. The molecule has 1 heterocycles. The fourth-order valence-corrected chi connectivity index (χ4v) is 5.18. The van der Waals surface area contributed by atoms with Crippen molar-refractivity contribution in [1.82, 2.24) is 0 Å². The highest BCUT2D eigenvalue weighted by Crippen LogP contribution is 2.40. The highest BCUT2D eigenvalue weighted by atomic mass is 32.2. The first-order valence-corrected chi connectivity index (χ1v) is 10.8. The number of carbonyl (C=O) groups is 1. The number of hydrogen-bond donors (Lipinski definition) is 1. The molecule has 1 N–H and O–H groups in total. The number of anilines is 1. The van der Waals surface area contributed by atoms with Gasteiger partial charge in [0.2, 0.25) is 0 Å². The van der Waals surface area contributed by atoms with Gasteiger partial charge in [0.25, 0.3) is 15.7 Å². The van der Waals surface area contributed by atoms with Crippen LogP contribution in [-0.2, 0) is 16.4 Å². The molecule has 1 aromatic heterocycles. The first-order chi connectivity index (χ1) is 14.0. The Bertz CT molecular complexity index is 1320. The second-order valence-electron chi connectivity index (χ2n) is 8.36. The molecule has 0 fully saturated rings. The zero-order chi connectivity index (χ0) is 21.8. The van der Waals surface area contributed by atoms with Gasteiger partial charge in [0.15, 0.2) is 5.78 Å². The van der Waals surface area contributed by atoms with Crippen LogP contribution in [0.25, 0.3) is 11.0 Å². The van der Waals surface area contributed by atoms with E-state index >= 15 is 0 Å². The zero-order valence-corrected chi connectivity index (χ0v) is 17.5. The molecule has 9 heteroatoms. The van der Waals surface area contributed by atoms with E-state index in [4.69, 9.17) is 4.42 Å². The van der Waals surface area contributed by atoms with Crippen LogP contribution in [0.2, 0.25) is 0 Å². The van der Waals surface area contributed by atoms with Crippen molar-refractivity contribution in [3.63, 3.8) is 0 Å². The molecule has 0 amide bonds. The Kier molecular flexibility index (Phi) is 4.46. The molecule has 30 heavy (non-hydrogen) atoms. The first-order valence-electron chi connectivity index (χ1n) is 9.33. The number of ketones is 1. The lowest BCUT2D eigenvalue weighted by atomic mass is 9.76. The Morgan fingerprint density at radius 2 is 1.87 bits per heavy atom. The van der Waals surface area contributed by atoms with Crippen molar-refractivity contribution in [3.8, 4) is 0 Å². The summed E-state index contributed by atoms with van der Waals surface area (Å²) in [5.41, 5.74) is 1.13. The quantitative estimate of drug-likeness (QED) is 0.479. The third-order valence-electron chi connectivity index (χ3n) is 5.24. The van der Waals surface area contributed by atoms with E-state index in [1.165, 1.54) is 18.2 Å². The molecule has 0 spiro atoms.